The molecule has 1 aliphatic heterocycles. The van der Waals surface area contributed by atoms with Gasteiger partial charge in [0.25, 0.3) is 0 Å². The topological polar surface area (TPSA) is 100 Å². The van der Waals surface area contributed by atoms with Crippen LogP contribution in [0, 0.1) is 11.8 Å². The lowest BCUT2D eigenvalue weighted by molar-refractivity contribution is -0.142. The zero-order valence-electron chi connectivity index (χ0n) is 19.9. The summed E-state index contributed by atoms with van der Waals surface area (Å²) in [4.78, 5) is 37.9. The van der Waals surface area contributed by atoms with Crippen molar-refractivity contribution in [2.24, 2.45) is 11.8 Å². The fourth-order valence-electron chi connectivity index (χ4n) is 5.63. The first-order chi connectivity index (χ1) is 16.5. The van der Waals surface area contributed by atoms with Gasteiger partial charge in [0.2, 0.25) is 11.8 Å². The largest absolute Gasteiger partial charge is 0.481 e. The first-order valence-electron chi connectivity index (χ1n) is 12.9. The van der Waals surface area contributed by atoms with E-state index in [9.17, 15) is 19.5 Å². The van der Waals surface area contributed by atoms with Gasteiger partial charge in [0.05, 0.1) is 6.42 Å². The number of aliphatic carboxylic acids is 1. The van der Waals surface area contributed by atoms with Crippen molar-refractivity contribution in [3.05, 3.63) is 36.0 Å². The van der Waals surface area contributed by atoms with Gasteiger partial charge in [-0.05, 0) is 36.8 Å². The molecule has 2 heterocycles. The van der Waals surface area contributed by atoms with E-state index in [1.165, 1.54) is 0 Å². The van der Waals surface area contributed by atoms with Crippen LogP contribution in [0.15, 0.2) is 30.5 Å². The Labute approximate surface area is 201 Å². The van der Waals surface area contributed by atoms with E-state index in [0.29, 0.717) is 25.3 Å². The van der Waals surface area contributed by atoms with Gasteiger partial charge in [0, 0.05) is 42.5 Å². The van der Waals surface area contributed by atoms with Crippen LogP contribution in [-0.4, -0.2) is 40.0 Å². The maximum absolute atomic E-state index is 13.3. The maximum Gasteiger partial charge on any atom is 0.304 e. The van der Waals surface area contributed by atoms with Crippen molar-refractivity contribution in [1.82, 2.24) is 15.2 Å². The number of benzene rings is 1. The number of aryl methyl sites for hydroxylation is 1. The Morgan fingerprint density at radius 1 is 1.09 bits per heavy atom. The van der Waals surface area contributed by atoms with E-state index in [-0.39, 0.29) is 18.2 Å². The van der Waals surface area contributed by atoms with Crippen LogP contribution >= 0.6 is 0 Å². The molecule has 2 bridgehead atoms. The molecule has 1 aromatic heterocycles. The molecular weight excluding hydrogens is 430 g/mol. The minimum atomic E-state index is -0.972. The second-order valence-corrected chi connectivity index (χ2v) is 10.0. The average Bonchev–Trinajstić information content (AvgIpc) is 3.45. The second-order valence-electron chi connectivity index (χ2n) is 10.0. The molecule has 7 nitrogen and oxygen atoms in total. The predicted octanol–water partition coefficient (Wildman–Crippen LogP) is 4.03. The average molecular weight is 468 g/mol. The highest BCUT2D eigenvalue weighted by atomic mass is 16.4. The Bertz CT molecular complexity index is 1010. The van der Waals surface area contributed by atoms with E-state index >= 15 is 0 Å². The van der Waals surface area contributed by atoms with E-state index in [1.54, 1.807) is 0 Å². The number of nitrogens with one attached hydrogen (secondary N) is 2. The quantitative estimate of drug-likeness (QED) is 0.597. The van der Waals surface area contributed by atoms with Crippen LogP contribution in [0.4, 0.5) is 0 Å². The fourth-order valence-corrected chi connectivity index (χ4v) is 5.63. The maximum atomic E-state index is 13.3. The molecule has 1 unspecified atom stereocenters. The van der Waals surface area contributed by atoms with Crippen molar-refractivity contribution in [3.8, 4) is 0 Å². The SMILES string of the molecule is O=C(O)C[C@@H](CC1CCCC1)C(=O)NC1Cc2cn(c3ccccc23)CCCCCCNC1=O. The smallest absolute Gasteiger partial charge is 0.304 e. The van der Waals surface area contributed by atoms with Crippen molar-refractivity contribution in [2.45, 2.75) is 83.2 Å². The minimum Gasteiger partial charge on any atom is -0.481 e. The fraction of sp³-hybridized carbons (Fsp3) is 0.593. The number of para-hydroxylation sites is 1. The lowest BCUT2D eigenvalue weighted by atomic mass is 9.90. The van der Waals surface area contributed by atoms with E-state index in [2.05, 4.69) is 33.5 Å². The Morgan fingerprint density at radius 2 is 1.85 bits per heavy atom. The molecule has 0 saturated heterocycles. The summed E-state index contributed by atoms with van der Waals surface area (Å²) in [5.41, 5.74) is 2.17. The van der Waals surface area contributed by atoms with Crippen molar-refractivity contribution in [2.75, 3.05) is 6.54 Å². The summed E-state index contributed by atoms with van der Waals surface area (Å²) in [6, 6.07) is 7.46. The number of amides is 2. The zero-order chi connectivity index (χ0) is 23.9. The number of carboxylic acid groups (broad SMARTS) is 1. The third kappa shape index (κ3) is 6.19. The molecule has 0 spiro atoms. The van der Waals surface area contributed by atoms with Crippen LogP contribution in [0.3, 0.4) is 0 Å². The third-order valence-corrected chi connectivity index (χ3v) is 7.44. The van der Waals surface area contributed by atoms with E-state index < -0.39 is 17.9 Å². The normalized spacial score (nSPS) is 21.2. The lowest BCUT2D eigenvalue weighted by Crippen LogP contribution is -2.50. The van der Waals surface area contributed by atoms with Crippen molar-refractivity contribution in [3.63, 3.8) is 0 Å². The summed E-state index contributed by atoms with van der Waals surface area (Å²) in [7, 11) is 0. The number of carboxylic acids is 1. The van der Waals surface area contributed by atoms with Gasteiger partial charge >= 0.3 is 5.97 Å². The third-order valence-electron chi connectivity index (χ3n) is 7.44. The van der Waals surface area contributed by atoms with Gasteiger partial charge in [-0.1, -0.05) is 56.7 Å². The number of carbonyl (C=O) groups is 3. The number of hydrogen-bond acceptors (Lipinski definition) is 3. The molecule has 2 amide bonds. The van der Waals surface area contributed by atoms with Crippen molar-refractivity contribution < 1.29 is 19.5 Å². The summed E-state index contributed by atoms with van der Waals surface area (Å²) in [6.45, 7) is 1.52. The van der Waals surface area contributed by atoms with Gasteiger partial charge in [-0.25, -0.2) is 0 Å². The zero-order valence-corrected chi connectivity index (χ0v) is 19.9. The summed E-state index contributed by atoms with van der Waals surface area (Å²) in [5.74, 6) is -1.70. The monoisotopic (exact) mass is 467 g/mol. The van der Waals surface area contributed by atoms with Gasteiger partial charge in [-0.2, -0.15) is 0 Å². The Kier molecular flexibility index (Phi) is 8.25. The van der Waals surface area contributed by atoms with Gasteiger partial charge in [-0.15, -0.1) is 0 Å². The van der Waals surface area contributed by atoms with Crippen LogP contribution in [0.5, 0.6) is 0 Å². The van der Waals surface area contributed by atoms with Gasteiger partial charge in [0.1, 0.15) is 6.04 Å². The molecule has 4 rings (SSSR count). The van der Waals surface area contributed by atoms with Gasteiger partial charge in [-0.3, -0.25) is 14.4 Å². The van der Waals surface area contributed by atoms with Crippen LogP contribution in [0.1, 0.15) is 69.8 Å². The van der Waals surface area contributed by atoms with Crippen LogP contribution in [0.25, 0.3) is 10.9 Å². The van der Waals surface area contributed by atoms with Crippen molar-refractivity contribution in [1.29, 1.82) is 0 Å². The first kappa shape index (κ1) is 24.3. The summed E-state index contributed by atoms with van der Waals surface area (Å²) >= 11 is 0. The molecule has 2 atom stereocenters. The number of fused-ring (bicyclic) bond motifs is 5. The highest BCUT2D eigenvalue weighted by Crippen LogP contribution is 2.31. The lowest BCUT2D eigenvalue weighted by Gasteiger charge is -2.23. The molecule has 1 saturated carbocycles. The molecular formula is C27H37N3O4. The molecule has 0 radical (unpaired) electrons. The standard InChI is InChI=1S/C27H37N3O4/c31-25(32)17-20(15-19-9-3-4-10-19)26(33)29-23-16-21-18-30(24-12-6-5-11-22(21)24)14-8-2-1-7-13-28-27(23)34/h5-6,11-12,18-20,23H,1-4,7-10,13-17H2,(H,28,34)(H,29,33)(H,31,32)/t20-,23?/m1/s1. The second kappa shape index (κ2) is 11.5. The highest BCUT2D eigenvalue weighted by molar-refractivity contribution is 5.91. The minimum absolute atomic E-state index is 0.195. The Hall–Kier alpha value is -2.83. The van der Waals surface area contributed by atoms with Crippen molar-refractivity contribution >= 4 is 28.7 Å². The summed E-state index contributed by atoms with van der Waals surface area (Å²) in [6.07, 6.45) is 11.4. The molecule has 1 fully saturated rings. The number of aromatic nitrogens is 1. The molecule has 34 heavy (non-hydrogen) atoms. The highest BCUT2D eigenvalue weighted by Gasteiger charge is 2.31. The van der Waals surface area contributed by atoms with E-state index in [1.807, 2.05) is 12.1 Å². The molecule has 1 aromatic carbocycles. The number of rotatable bonds is 6. The number of hydrogen-bond donors (Lipinski definition) is 3. The van der Waals surface area contributed by atoms with Gasteiger partial charge < -0.3 is 20.3 Å². The summed E-state index contributed by atoms with van der Waals surface area (Å²) < 4.78 is 2.26. The molecule has 3 N–H and O–H groups in total. The van der Waals surface area contributed by atoms with E-state index in [4.69, 9.17) is 0 Å². The van der Waals surface area contributed by atoms with Crippen LogP contribution in [-0.2, 0) is 27.3 Å². The molecule has 2 aliphatic rings. The number of nitrogens with zero attached hydrogens (tertiary/aromatic N) is 1. The van der Waals surface area contributed by atoms with Crippen LogP contribution < -0.4 is 10.6 Å². The number of carbonyl (C=O) groups excluding carboxylic acids is 2. The molecule has 184 valence electrons. The predicted molar refractivity (Wildman–Crippen MR) is 131 cm³/mol. The Balaban J connectivity index is 1.57. The molecule has 7 heteroatoms. The first-order valence-corrected chi connectivity index (χ1v) is 12.9. The van der Waals surface area contributed by atoms with E-state index in [0.717, 1.165) is 74.4 Å². The molecule has 2 aromatic rings. The summed E-state index contributed by atoms with van der Waals surface area (Å²) in [5, 5.41) is 16.5. The van der Waals surface area contributed by atoms with Gasteiger partial charge in [0.15, 0.2) is 0 Å². The van der Waals surface area contributed by atoms with Crippen LogP contribution in [0.2, 0.25) is 0 Å². The Morgan fingerprint density at radius 3 is 2.65 bits per heavy atom. The molecule has 1 aliphatic carbocycles.